The van der Waals surface area contributed by atoms with Crippen LogP contribution in [0.25, 0.3) is 0 Å². The molecule has 3 saturated heterocycles. The van der Waals surface area contributed by atoms with E-state index in [4.69, 9.17) is 29.4 Å². The summed E-state index contributed by atoms with van der Waals surface area (Å²) >= 11 is 0. The first-order valence-corrected chi connectivity index (χ1v) is 6.35. The fraction of sp³-hybridized carbons (Fsp3) is 1.00. The quantitative estimate of drug-likeness (QED) is 0.732. The Hall–Kier alpha value is -0.240. The van der Waals surface area contributed by atoms with Gasteiger partial charge in [-0.1, -0.05) is 0 Å². The Kier molecular flexibility index (Phi) is 2.59. The van der Waals surface area contributed by atoms with Crippen molar-refractivity contribution in [1.82, 2.24) is 0 Å². The molecule has 3 fully saturated rings. The van der Waals surface area contributed by atoms with Crippen LogP contribution in [0.3, 0.4) is 0 Å². The van der Waals surface area contributed by atoms with Gasteiger partial charge in [-0.25, -0.2) is 0 Å². The van der Waals surface area contributed by atoms with E-state index in [1.54, 1.807) is 0 Å². The molecule has 0 aromatic carbocycles. The molecule has 0 unspecified atom stereocenters. The summed E-state index contributed by atoms with van der Waals surface area (Å²) in [6, 6.07) is 0. The SMILES string of the molecule is CC1(C)O[C@@H]2[C@H](CO[C@@]3(CN)OC(C)(C)O[C@H]23)O1. The molecular weight excluding hydrogens is 238 g/mol. The van der Waals surface area contributed by atoms with Crippen LogP contribution in [0.2, 0.25) is 0 Å². The van der Waals surface area contributed by atoms with Crippen LogP contribution in [0, 0.1) is 0 Å². The lowest BCUT2D eigenvalue weighted by molar-refractivity contribution is -0.274. The summed E-state index contributed by atoms with van der Waals surface area (Å²) in [6.45, 7) is 8.10. The maximum absolute atomic E-state index is 5.92. The highest BCUT2D eigenvalue weighted by atomic mass is 16.9. The maximum Gasteiger partial charge on any atom is 0.213 e. The lowest BCUT2D eigenvalue weighted by Gasteiger charge is -2.39. The lowest BCUT2D eigenvalue weighted by Crippen LogP contribution is -2.61. The number of nitrogens with two attached hydrogens (primary N) is 1. The van der Waals surface area contributed by atoms with Gasteiger partial charge in [0.1, 0.15) is 18.3 Å². The van der Waals surface area contributed by atoms with Crippen LogP contribution in [-0.4, -0.2) is 48.8 Å². The third-order valence-electron chi connectivity index (χ3n) is 3.56. The molecule has 2 N–H and O–H groups in total. The molecular formula is C12H21NO5. The highest BCUT2D eigenvalue weighted by Crippen LogP contribution is 2.46. The van der Waals surface area contributed by atoms with Crippen LogP contribution in [-0.2, 0) is 23.7 Å². The smallest absolute Gasteiger partial charge is 0.213 e. The Bertz CT molecular complexity index is 358. The second-order valence-electron chi connectivity index (χ2n) is 6.01. The van der Waals surface area contributed by atoms with E-state index in [1.165, 1.54) is 0 Å². The van der Waals surface area contributed by atoms with Gasteiger partial charge in [0.05, 0.1) is 13.2 Å². The summed E-state index contributed by atoms with van der Waals surface area (Å²) < 4.78 is 29.3. The van der Waals surface area contributed by atoms with Crippen LogP contribution < -0.4 is 5.73 Å². The van der Waals surface area contributed by atoms with Crippen LogP contribution >= 0.6 is 0 Å². The van der Waals surface area contributed by atoms with Crippen LogP contribution in [0.4, 0.5) is 0 Å². The Balaban J connectivity index is 1.90. The normalized spacial score (nSPS) is 48.8. The van der Waals surface area contributed by atoms with Gasteiger partial charge in [-0.05, 0) is 27.7 Å². The summed E-state index contributed by atoms with van der Waals surface area (Å²) in [7, 11) is 0. The Labute approximate surface area is 107 Å². The predicted molar refractivity (Wildman–Crippen MR) is 61.6 cm³/mol. The molecule has 0 radical (unpaired) electrons. The molecule has 3 heterocycles. The van der Waals surface area contributed by atoms with Gasteiger partial charge in [-0.3, -0.25) is 0 Å². The second-order valence-corrected chi connectivity index (χ2v) is 6.01. The van der Waals surface area contributed by atoms with Crippen molar-refractivity contribution >= 4 is 0 Å². The third kappa shape index (κ3) is 1.79. The number of rotatable bonds is 1. The molecule has 0 bridgehead atoms. The molecule has 6 heteroatoms. The zero-order valence-corrected chi connectivity index (χ0v) is 11.3. The molecule has 4 atom stereocenters. The fourth-order valence-electron chi connectivity index (χ4n) is 3.01. The van der Waals surface area contributed by atoms with Crippen LogP contribution in [0.15, 0.2) is 0 Å². The monoisotopic (exact) mass is 259 g/mol. The fourth-order valence-corrected chi connectivity index (χ4v) is 3.01. The summed E-state index contributed by atoms with van der Waals surface area (Å²) in [5.41, 5.74) is 5.82. The average Bonchev–Trinajstić information content (AvgIpc) is 2.70. The number of fused-ring (bicyclic) bond motifs is 3. The molecule has 104 valence electrons. The first kappa shape index (κ1) is 12.8. The summed E-state index contributed by atoms with van der Waals surface area (Å²) in [5.74, 6) is -2.27. The first-order chi connectivity index (χ1) is 8.27. The van der Waals surface area contributed by atoms with Crippen LogP contribution in [0.1, 0.15) is 27.7 Å². The van der Waals surface area contributed by atoms with E-state index in [1.807, 2.05) is 27.7 Å². The Morgan fingerprint density at radius 3 is 2.44 bits per heavy atom. The standard InChI is InChI=1S/C12H21NO5/c1-10(2)15-7-5-14-12(6-13)9(8(7)16-10)17-11(3,4)18-12/h7-9H,5-6,13H2,1-4H3/t7-,8+,9+,12-/m0/s1. The summed E-state index contributed by atoms with van der Waals surface area (Å²) in [6.07, 6.45) is -0.709. The average molecular weight is 259 g/mol. The predicted octanol–water partition coefficient (Wildman–Crippen LogP) is 0.343. The molecule has 0 aromatic rings. The van der Waals surface area contributed by atoms with Crippen molar-refractivity contribution in [3.63, 3.8) is 0 Å². The summed E-state index contributed by atoms with van der Waals surface area (Å²) in [5, 5.41) is 0. The highest BCUT2D eigenvalue weighted by molar-refractivity contribution is 5.03. The molecule has 0 aliphatic carbocycles. The van der Waals surface area contributed by atoms with Crippen molar-refractivity contribution in [2.75, 3.05) is 13.2 Å². The number of hydrogen-bond donors (Lipinski definition) is 1. The third-order valence-corrected chi connectivity index (χ3v) is 3.56. The van der Waals surface area contributed by atoms with Crippen molar-refractivity contribution in [2.24, 2.45) is 5.73 Å². The minimum atomic E-state index is -0.922. The Morgan fingerprint density at radius 2 is 1.78 bits per heavy atom. The van der Waals surface area contributed by atoms with E-state index in [-0.39, 0.29) is 24.9 Å². The molecule has 0 amide bonds. The molecule has 0 aromatic heterocycles. The minimum Gasteiger partial charge on any atom is -0.343 e. The van der Waals surface area contributed by atoms with E-state index >= 15 is 0 Å². The lowest BCUT2D eigenvalue weighted by atomic mass is 9.97. The van der Waals surface area contributed by atoms with Crippen molar-refractivity contribution < 1.29 is 23.7 Å². The summed E-state index contributed by atoms with van der Waals surface area (Å²) in [4.78, 5) is 0. The minimum absolute atomic E-state index is 0.137. The second kappa shape index (κ2) is 3.65. The van der Waals surface area contributed by atoms with E-state index in [0.29, 0.717) is 6.61 Å². The van der Waals surface area contributed by atoms with Crippen molar-refractivity contribution in [3.05, 3.63) is 0 Å². The van der Waals surface area contributed by atoms with Crippen LogP contribution in [0.5, 0.6) is 0 Å². The van der Waals surface area contributed by atoms with E-state index in [9.17, 15) is 0 Å². The van der Waals surface area contributed by atoms with Gasteiger partial charge in [0.25, 0.3) is 0 Å². The van der Waals surface area contributed by atoms with E-state index < -0.39 is 17.4 Å². The van der Waals surface area contributed by atoms with Gasteiger partial charge in [0, 0.05) is 0 Å². The number of hydrogen-bond acceptors (Lipinski definition) is 6. The largest absolute Gasteiger partial charge is 0.343 e. The molecule has 6 nitrogen and oxygen atoms in total. The van der Waals surface area contributed by atoms with Crippen molar-refractivity contribution in [3.8, 4) is 0 Å². The highest BCUT2D eigenvalue weighted by Gasteiger charge is 2.64. The van der Waals surface area contributed by atoms with Gasteiger partial charge in [0.15, 0.2) is 11.6 Å². The molecule has 0 saturated carbocycles. The van der Waals surface area contributed by atoms with Crippen molar-refractivity contribution in [1.29, 1.82) is 0 Å². The van der Waals surface area contributed by atoms with Gasteiger partial charge < -0.3 is 29.4 Å². The molecule has 0 spiro atoms. The van der Waals surface area contributed by atoms with Gasteiger partial charge in [0.2, 0.25) is 5.79 Å². The molecule has 18 heavy (non-hydrogen) atoms. The molecule has 3 aliphatic heterocycles. The number of ether oxygens (including phenoxy) is 5. The first-order valence-electron chi connectivity index (χ1n) is 6.35. The Morgan fingerprint density at radius 1 is 1.06 bits per heavy atom. The van der Waals surface area contributed by atoms with Gasteiger partial charge in [-0.2, -0.15) is 0 Å². The zero-order valence-electron chi connectivity index (χ0n) is 11.3. The van der Waals surface area contributed by atoms with E-state index in [0.717, 1.165) is 0 Å². The van der Waals surface area contributed by atoms with Gasteiger partial charge >= 0.3 is 0 Å². The van der Waals surface area contributed by atoms with Gasteiger partial charge in [-0.15, -0.1) is 0 Å². The maximum atomic E-state index is 5.92. The topological polar surface area (TPSA) is 72.2 Å². The van der Waals surface area contributed by atoms with E-state index in [2.05, 4.69) is 0 Å². The molecule has 3 aliphatic rings. The van der Waals surface area contributed by atoms with Crippen molar-refractivity contribution in [2.45, 2.75) is 63.4 Å². The molecule has 3 rings (SSSR count). The zero-order chi connectivity index (χ0) is 13.2.